The van der Waals surface area contributed by atoms with E-state index in [0.29, 0.717) is 11.3 Å². The summed E-state index contributed by atoms with van der Waals surface area (Å²) >= 11 is 12.4. The van der Waals surface area contributed by atoms with Crippen LogP contribution in [0.2, 0.25) is 10.0 Å². The summed E-state index contributed by atoms with van der Waals surface area (Å²) in [4.78, 5) is 28.1. The minimum Gasteiger partial charge on any atom is -0.507 e. The van der Waals surface area contributed by atoms with Crippen molar-refractivity contribution in [3.63, 3.8) is 0 Å². The number of aliphatic hydroxyl groups excluding tert-OH is 1. The van der Waals surface area contributed by atoms with Crippen molar-refractivity contribution in [3.8, 4) is 5.75 Å². The first kappa shape index (κ1) is 22.9. The number of amides is 1. The van der Waals surface area contributed by atoms with Gasteiger partial charge in [0, 0.05) is 10.7 Å². The maximum absolute atomic E-state index is 13.3. The summed E-state index contributed by atoms with van der Waals surface area (Å²) in [5.74, 6) is -1.79. The number of halogens is 2. The number of hydrogen-bond donors (Lipinski definition) is 1. The first-order valence-electron chi connectivity index (χ1n) is 10.2. The average molecular weight is 482 g/mol. The molecular weight excluding hydrogens is 461 g/mol. The zero-order valence-corrected chi connectivity index (χ0v) is 19.7. The molecule has 0 aliphatic carbocycles. The van der Waals surface area contributed by atoms with E-state index in [9.17, 15) is 14.7 Å². The molecule has 0 radical (unpaired) electrons. The fourth-order valence-corrected chi connectivity index (χ4v) is 4.73. The van der Waals surface area contributed by atoms with Gasteiger partial charge in [0.2, 0.25) is 0 Å². The molecule has 0 spiro atoms. The van der Waals surface area contributed by atoms with E-state index in [1.807, 2.05) is 50.2 Å². The number of benzene rings is 3. The third-order valence-corrected chi connectivity index (χ3v) is 6.14. The number of carbonyl (C=O) groups excluding carboxylic acids is 2. The summed E-state index contributed by atoms with van der Waals surface area (Å²) in [7, 11) is 1.40. The summed E-state index contributed by atoms with van der Waals surface area (Å²) in [5.41, 5.74) is 3.11. The highest BCUT2D eigenvalue weighted by Crippen LogP contribution is 2.45. The van der Waals surface area contributed by atoms with Crippen molar-refractivity contribution in [2.24, 2.45) is 0 Å². The largest absolute Gasteiger partial charge is 0.507 e. The van der Waals surface area contributed by atoms with Gasteiger partial charge >= 0.3 is 0 Å². The van der Waals surface area contributed by atoms with E-state index >= 15 is 0 Å². The van der Waals surface area contributed by atoms with E-state index < -0.39 is 23.5 Å². The second kappa shape index (κ2) is 8.93. The standard InChI is InChI=1S/C26H21Cl2NO4/c1-14-7-6-9-16(11-14)22-21(23(30)18-12-17(27)13-19(28)25(18)33-3)24(31)26(32)29(22)20-10-5-4-8-15(20)2/h4-13,22,30H,1-3H3/b23-21+. The number of para-hydroxylation sites is 1. The summed E-state index contributed by atoms with van der Waals surface area (Å²) < 4.78 is 5.37. The molecule has 5 nitrogen and oxygen atoms in total. The Kier molecular flexibility index (Phi) is 6.19. The predicted molar refractivity (Wildman–Crippen MR) is 130 cm³/mol. The third kappa shape index (κ3) is 3.99. The Labute approximate surface area is 201 Å². The van der Waals surface area contributed by atoms with Crippen molar-refractivity contribution in [1.29, 1.82) is 0 Å². The topological polar surface area (TPSA) is 66.8 Å². The van der Waals surface area contributed by atoms with Crippen LogP contribution in [0.3, 0.4) is 0 Å². The van der Waals surface area contributed by atoms with E-state index in [2.05, 4.69) is 0 Å². The smallest absolute Gasteiger partial charge is 0.300 e. The molecule has 3 aromatic carbocycles. The molecule has 1 unspecified atom stereocenters. The minimum absolute atomic E-state index is 0.0644. The Bertz CT molecular complexity index is 1320. The number of anilines is 1. The maximum atomic E-state index is 13.3. The molecule has 33 heavy (non-hydrogen) atoms. The number of aliphatic hydroxyl groups is 1. The molecule has 3 aromatic rings. The lowest BCUT2D eigenvalue weighted by Gasteiger charge is -2.27. The molecule has 0 bridgehead atoms. The summed E-state index contributed by atoms with van der Waals surface area (Å²) in [6, 6.07) is 16.9. The molecule has 168 valence electrons. The van der Waals surface area contributed by atoms with Gasteiger partial charge in [0.15, 0.2) is 0 Å². The van der Waals surface area contributed by atoms with E-state index in [0.717, 1.165) is 11.1 Å². The van der Waals surface area contributed by atoms with Gasteiger partial charge in [-0.1, -0.05) is 71.2 Å². The number of rotatable bonds is 4. The molecule has 0 saturated carbocycles. The average Bonchev–Trinajstić information content (AvgIpc) is 3.04. The van der Waals surface area contributed by atoms with Crippen molar-refractivity contribution in [1.82, 2.24) is 0 Å². The van der Waals surface area contributed by atoms with Gasteiger partial charge in [-0.3, -0.25) is 14.5 Å². The first-order valence-corrected chi connectivity index (χ1v) is 11.0. The monoisotopic (exact) mass is 481 g/mol. The number of nitrogens with zero attached hydrogens (tertiary/aromatic N) is 1. The number of ketones is 1. The quantitative estimate of drug-likeness (QED) is 0.271. The normalized spacial score (nSPS) is 17.5. The lowest BCUT2D eigenvalue weighted by atomic mass is 9.93. The number of methoxy groups -OCH3 is 1. The Hall–Kier alpha value is -3.28. The number of ether oxygens (including phenoxy) is 1. The molecule has 7 heteroatoms. The van der Waals surface area contributed by atoms with Crippen LogP contribution in [0.5, 0.6) is 5.75 Å². The summed E-state index contributed by atoms with van der Waals surface area (Å²) in [6.07, 6.45) is 0. The number of hydrogen-bond acceptors (Lipinski definition) is 4. The van der Waals surface area contributed by atoms with Crippen molar-refractivity contribution in [3.05, 3.63) is 98.5 Å². The molecular formula is C26H21Cl2NO4. The molecule has 1 atom stereocenters. The molecule has 1 aliphatic rings. The molecule has 1 fully saturated rings. The van der Waals surface area contributed by atoms with Crippen LogP contribution in [0.15, 0.2) is 66.2 Å². The zero-order valence-electron chi connectivity index (χ0n) is 18.2. The van der Waals surface area contributed by atoms with Crippen molar-refractivity contribution >= 4 is 46.3 Å². The highest BCUT2D eigenvalue weighted by atomic mass is 35.5. The predicted octanol–water partition coefficient (Wildman–Crippen LogP) is 6.25. The Morgan fingerprint density at radius 1 is 1.00 bits per heavy atom. The molecule has 0 aromatic heterocycles. The van der Waals surface area contributed by atoms with Gasteiger partial charge in [0.05, 0.1) is 29.3 Å². The lowest BCUT2D eigenvalue weighted by molar-refractivity contribution is -0.132. The van der Waals surface area contributed by atoms with Crippen molar-refractivity contribution < 1.29 is 19.4 Å². The van der Waals surface area contributed by atoms with Crippen LogP contribution >= 0.6 is 23.2 Å². The molecule has 1 heterocycles. The van der Waals surface area contributed by atoms with Gasteiger partial charge in [0.1, 0.15) is 11.5 Å². The van der Waals surface area contributed by atoms with E-state index in [1.165, 1.54) is 24.1 Å². The molecule has 4 rings (SSSR count). The molecule has 1 saturated heterocycles. The fourth-order valence-electron chi connectivity index (χ4n) is 4.16. The minimum atomic E-state index is -0.853. The van der Waals surface area contributed by atoms with Gasteiger partial charge < -0.3 is 9.84 Å². The van der Waals surface area contributed by atoms with Gasteiger partial charge in [-0.2, -0.15) is 0 Å². The molecule has 1 amide bonds. The molecule has 1 aliphatic heterocycles. The number of carbonyl (C=O) groups is 2. The van der Waals surface area contributed by atoms with Crippen LogP contribution in [0.1, 0.15) is 28.3 Å². The fraction of sp³-hybridized carbons (Fsp3) is 0.154. The van der Waals surface area contributed by atoms with Gasteiger partial charge in [0.25, 0.3) is 11.7 Å². The van der Waals surface area contributed by atoms with Crippen LogP contribution < -0.4 is 9.64 Å². The summed E-state index contributed by atoms with van der Waals surface area (Å²) in [5, 5.41) is 11.8. The van der Waals surface area contributed by atoms with Crippen molar-refractivity contribution in [2.75, 3.05) is 12.0 Å². The second-order valence-corrected chi connectivity index (χ2v) is 8.68. The van der Waals surface area contributed by atoms with Crippen LogP contribution in [0.25, 0.3) is 5.76 Å². The van der Waals surface area contributed by atoms with Gasteiger partial charge in [-0.05, 0) is 43.2 Å². The van der Waals surface area contributed by atoms with E-state index in [1.54, 1.807) is 12.1 Å². The van der Waals surface area contributed by atoms with Gasteiger partial charge in [-0.25, -0.2) is 0 Å². The summed E-state index contributed by atoms with van der Waals surface area (Å²) in [6.45, 7) is 3.78. The van der Waals surface area contributed by atoms with Gasteiger partial charge in [-0.15, -0.1) is 0 Å². The lowest BCUT2D eigenvalue weighted by Crippen LogP contribution is -2.30. The number of Topliss-reactive ketones (excluding diaryl/α,β-unsaturated/α-hetero) is 1. The van der Waals surface area contributed by atoms with Crippen LogP contribution in [0, 0.1) is 13.8 Å². The maximum Gasteiger partial charge on any atom is 0.300 e. The SMILES string of the molecule is COc1c(Cl)cc(Cl)cc1/C(O)=C1\C(=O)C(=O)N(c2ccccc2C)C1c1cccc(C)c1. The third-order valence-electron chi connectivity index (χ3n) is 5.64. The van der Waals surface area contributed by atoms with Crippen LogP contribution in [0.4, 0.5) is 5.69 Å². The highest BCUT2D eigenvalue weighted by molar-refractivity contribution is 6.52. The molecule has 1 N–H and O–H groups in total. The Morgan fingerprint density at radius 2 is 1.73 bits per heavy atom. The van der Waals surface area contributed by atoms with Crippen LogP contribution in [-0.2, 0) is 9.59 Å². The van der Waals surface area contributed by atoms with E-state index in [-0.39, 0.29) is 26.9 Å². The first-order chi connectivity index (χ1) is 15.7. The second-order valence-electron chi connectivity index (χ2n) is 7.84. The van der Waals surface area contributed by atoms with Crippen LogP contribution in [-0.4, -0.2) is 23.9 Å². The highest BCUT2D eigenvalue weighted by Gasteiger charge is 2.47. The van der Waals surface area contributed by atoms with E-state index in [4.69, 9.17) is 27.9 Å². The Morgan fingerprint density at radius 3 is 2.39 bits per heavy atom. The number of aryl methyl sites for hydroxylation is 2. The zero-order chi connectivity index (χ0) is 23.9. The Balaban J connectivity index is 2.04. The van der Waals surface area contributed by atoms with Crippen molar-refractivity contribution in [2.45, 2.75) is 19.9 Å².